The number of amidine groups is 1. The van der Waals surface area contributed by atoms with Crippen LogP contribution in [-0.4, -0.2) is 33.1 Å². The molecule has 1 atom stereocenters. The van der Waals surface area contributed by atoms with Gasteiger partial charge in [-0.25, -0.2) is 4.99 Å². The first-order valence-corrected chi connectivity index (χ1v) is 9.92. The Bertz CT molecular complexity index is 1140. The minimum atomic E-state index is -0.323. The van der Waals surface area contributed by atoms with Crippen LogP contribution in [0.25, 0.3) is 0 Å². The third-order valence-electron chi connectivity index (χ3n) is 4.59. The van der Waals surface area contributed by atoms with Crippen molar-refractivity contribution in [1.82, 2.24) is 9.78 Å². The average Bonchev–Trinajstić information content (AvgIpc) is 3.04. The van der Waals surface area contributed by atoms with E-state index in [9.17, 15) is 9.90 Å². The van der Waals surface area contributed by atoms with Gasteiger partial charge in [0.2, 0.25) is 0 Å². The number of nitrogens with two attached hydrogens (primary N) is 1. The molecular weight excluding hydrogens is 412 g/mol. The Labute approximate surface area is 176 Å². The number of benzene rings is 2. The second-order valence-electron chi connectivity index (χ2n) is 6.43. The molecule has 0 spiro atoms. The summed E-state index contributed by atoms with van der Waals surface area (Å²) in [6.45, 7) is 1.83. The summed E-state index contributed by atoms with van der Waals surface area (Å²) < 4.78 is 6.49. The van der Waals surface area contributed by atoms with E-state index in [2.05, 4.69) is 10.1 Å². The summed E-state index contributed by atoms with van der Waals surface area (Å²) in [5.74, 6) is 0.476. The Hall–Kier alpha value is -2.97. The minimum Gasteiger partial charge on any atom is -0.504 e. The van der Waals surface area contributed by atoms with Gasteiger partial charge in [0.25, 0.3) is 5.91 Å². The summed E-state index contributed by atoms with van der Waals surface area (Å²) in [5.41, 5.74) is 8.83. The minimum absolute atomic E-state index is 0.0456. The summed E-state index contributed by atoms with van der Waals surface area (Å²) >= 11 is 7.27. The molecule has 3 N–H and O–H groups in total. The molecule has 2 heterocycles. The molecule has 0 amide bonds. The number of phenols is 1. The SMILES string of the molecule is COc1cc([C@@H]2SC(N)=Nc3c2c(C)nn3C(=O)c2ccc(Cl)cc2)ccc1O. The quantitative estimate of drug-likeness (QED) is 0.652. The summed E-state index contributed by atoms with van der Waals surface area (Å²) in [6.07, 6.45) is 0. The standard InChI is InChI=1S/C20H17ClN4O3S/c1-10-16-17(12-5-8-14(26)15(9-12)28-2)29-20(22)23-18(16)25(24-10)19(27)11-3-6-13(21)7-4-11/h3-9,17,26H,1-2H3,(H2,22,23)/t17-/m0/s1. The Morgan fingerprint density at radius 2 is 2.00 bits per heavy atom. The van der Waals surface area contributed by atoms with Gasteiger partial charge in [-0.1, -0.05) is 29.4 Å². The van der Waals surface area contributed by atoms with Gasteiger partial charge >= 0.3 is 0 Å². The lowest BCUT2D eigenvalue weighted by molar-refractivity contribution is 0.0947. The lowest BCUT2D eigenvalue weighted by Crippen LogP contribution is -2.18. The van der Waals surface area contributed by atoms with Crippen molar-refractivity contribution in [3.8, 4) is 11.5 Å². The van der Waals surface area contributed by atoms with Crippen molar-refractivity contribution < 1.29 is 14.6 Å². The fourth-order valence-electron chi connectivity index (χ4n) is 3.20. The molecule has 1 aromatic heterocycles. The van der Waals surface area contributed by atoms with E-state index in [0.29, 0.717) is 33.0 Å². The summed E-state index contributed by atoms with van der Waals surface area (Å²) in [7, 11) is 1.49. The van der Waals surface area contributed by atoms with Crippen LogP contribution in [0.15, 0.2) is 47.5 Å². The number of fused-ring (bicyclic) bond motifs is 1. The summed E-state index contributed by atoms with van der Waals surface area (Å²) in [5, 5.41) is 15.0. The topological polar surface area (TPSA) is 103 Å². The van der Waals surface area contributed by atoms with Crippen molar-refractivity contribution in [3.05, 3.63) is 69.9 Å². The molecule has 1 aliphatic heterocycles. The number of nitrogens with zero attached hydrogens (tertiary/aromatic N) is 3. The molecular formula is C20H17ClN4O3S. The highest BCUT2D eigenvalue weighted by Crippen LogP contribution is 2.47. The summed E-state index contributed by atoms with van der Waals surface area (Å²) in [6, 6.07) is 11.7. The first-order valence-electron chi connectivity index (χ1n) is 8.66. The van der Waals surface area contributed by atoms with Gasteiger partial charge in [-0.2, -0.15) is 9.78 Å². The number of hydrogen-bond acceptors (Lipinski definition) is 7. The monoisotopic (exact) mass is 428 g/mol. The molecule has 29 heavy (non-hydrogen) atoms. The molecule has 2 aromatic carbocycles. The van der Waals surface area contributed by atoms with Gasteiger partial charge in [0, 0.05) is 16.1 Å². The maximum atomic E-state index is 13.0. The van der Waals surface area contributed by atoms with Crippen LogP contribution in [0.1, 0.15) is 32.4 Å². The molecule has 0 saturated heterocycles. The van der Waals surface area contributed by atoms with Crippen LogP contribution >= 0.6 is 23.4 Å². The first-order chi connectivity index (χ1) is 13.9. The largest absolute Gasteiger partial charge is 0.504 e. The Kier molecular flexibility index (Phi) is 4.97. The van der Waals surface area contributed by atoms with Gasteiger partial charge < -0.3 is 15.6 Å². The number of aryl methyl sites for hydroxylation is 1. The van der Waals surface area contributed by atoms with Gasteiger partial charge in [0.15, 0.2) is 22.5 Å². The fourth-order valence-corrected chi connectivity index (χ4v) is 4.38. The molecule has 7 nitrogen and oxygen atoms in total. The van der Waals surface area contributed by atoms with E-state index in [4.69, 9.17) is 22.1 Å². The molecule has 9 heteroatoms. The second-order valence-corrected chi connectivity index (χ2v) is 7.99. The number of aliphatic imine (C=N–C) groups is 1. The van der Waals surface area contributed by atoms with Crippen LogP contribution in [0, 0.1) is 6.92 Å². The number of thioether (sulfide) groups is 1. The van der Waals surface area contributed by atoms with Crippen LogP contribution in [0.3, 0.4) is 0 Å². The molecule has 0 aliphatic carbocycles. The van der Waals surface area contributed by atoms with Gasteiger partial charge in [0.05, 0.1) is 18.1 Å². The van der Waals surface area contributed by atoms with Gasteiger partial charge in [-0.15, -0.1) is 0 Å². The number of ether oxygens (including phenoxy) is 1. The third kappa shape index (κ3) is 3.45. The molecule has 0 radical (unpaired) electrons. The maximum Gasteiger partial charge on any atom is 0.280 e. The Balaban J connectivity index is 1.82. The molecule has 4 rings (SSSR count). The molecule has 3 aromatic rings. The molecule has 0 fully saturated rings. The second kappa shape index (κ2) is 7.46. The zero-order chi connectivity index (χ0) is 20.7. The molecule has 148 valence electrons. The predicted octanol–water partition coefficient (Wildman–Crippen LogP) is 4.03. The maximum absolute atomic E-state index is 13.0. The van der Waals surface area contributed by atoms with Crippen molar-refractivity contribution in [3.63, 3.8) is 0 Å². The normalized spacial score (nSPS) is 15.6. The zero-order valence-corrected chi connectivity index (χ0v) is 17.2. The number of aromatic nitrogens is 2. The average molecular weight is 429 g/mol. The van der Waals surface area contributed by atoms with Crippen LogP contribution < -0.4 is 10.5 Å². The number of phenolic OH excluding ortho intramolecular Hbond substituents is 1. The van der Waals surface area contributed by atoms with Crippen molar-refractivity contribution in [1.29, 1.82) is 0 Å². The number of aromatic hydroxyl groups is 1. The van der Waals surface area contributed by atoms with E-state index in [-0.39, 0.29) is 16.9 Å². The van der Waals surface area contributed by atoms with E-state index in [0.717, 1.165) is 11.1 Å². The van der Waals surface area contributed by atoms with Crippen LogP contribution in [0.5, 0.6) is 11.5 Å². The number of carbonyl (C=O) groups is 1. The van der Waals surface area contributed by atoms with Crippen molar-refractivity contribution in [2.24, 2.45) is 10.7 Å². The smallest absolute Gasteiger partial charge is 0.280 e. The zero-order valence-electron chi connectivity index (χ0n) is 15.6. The number of halogens is 1. The van der Waals surface area contributed by atoms with Crippen LogP contribution in [-0.2, 0) is 0 Å². The predicted molar refractivity (Wildman–Crippen MR) is 114 cm³/mol. The van der Waals surface area contributed by atoms with Gasteiger partial charge in [-0.3, -0.25) is 4.79 Å². The van der Waals surface area contributed by atoms with E-state index >= 15 is 0 Å². The van der Waals surface area contributed by atoms with Crippen molar-refractivity contribution in [2.45, 2.75) is 12.2 Å². The van der Waals surface area contributed by atoms with Gasteiger partial charge in [0.1, 0.15) is 0 Å². The molecule has 1 aliphatic rings. The van der Waals surface area contributed by atoms with Crippen molar-refractivity contribution >= 4 is 40.3 Å². The Morgan fingerprint density at radius 1 is 1.28 bits per heavy atom. The highest BCUT2D eigenvalue weighted by atomic mass is 35.5. The lowest BCUT2D eigenvalue weighted by atomic mass is 10.0. The highest BCUT2D eigenvalue weighted by Gasteiger charge is 2.32. The number of hydrogen-bond donors (Lipinski definition) is 2. The van der Waals surface area contributed by atoms with E-state index in [1.165, 1.54) is 23.6 Å². The van der Waals surface area contributed by atoms with Crippen LogP contribution in [0.2, 0.25) is 5.02 Å². The van der Waals surface area contributed by atoms with Crippen molar-refractivity contribution in [2.75, 3.05) is 7.11 Å². The van der Waals surface area contributed by atoms with Crippen LogP contribution in [0.4, 0.5) is 5.82 Å². The molecule has 0 bridgehead atoms. The number of rotatable bonds is 3. The van der Waals surface area contributed by atoms with E-state index in [1.807, 2.05) is 6.92 Å². The number of methoxy groups -OCH3 is 1. The fraction of sp³-hybridized carbons (Fsp3) is 0.150. The number of carbonyl (C=O) groups excluding carboxylic acids is 1. The highest BCUT2D eigenvalue weighted by molar-refractivity contribution is 8.14. The van der Waals surface area contributed by atoms with E-state index in [1.54, 1.807) is 42.5 Å². The first kappa shape index (κ1) is 19.4. The molecule has 0 saturated carbocycles. The summed E-state index contributed by atoms with van der Waals surface area (Å²) in [4.78, 5) is 17.4. The Morgan fingerprint density at radius 3 is 2.69 bits per heavy atom. The van der Waals surface area contributed by atoms with Gasteiger partial charge in [-0.05, 0) is 48.9 Å². The van der Waals surface area contributed by atoms with E-state index < -0.39 is 0 Å². The third-order valence-corrected chi connectivity index (χ3v) is 5.92. The lowest BCUT2D eigenvalue weighted by Gasteiger charge is -2.22. The molecule has 0 unspecified atom stereocenters.